The summed E-state index contributed by atoms with van der Waals surface area (Å²) in [5, 5.41) is 3.54. The van der Waals surface area contributed by atoms with E-state index in [1.807, 2.05) is 47.4 Å². The molecule has 4 rings (SSSR count). The number of hydrogen-bond donors (Lipinski definition) is 3. The summed E-state index contributed by atoms with van der Waals surface area (Å²) in [7, 11) is 0. The highest BCUT2D eigenvalue weighted by Gasteiger charge is 2.31. The van der Waals surface area contributed by atoms with Crippen molar-refractivity contribution in [2.45, 2.75) is 57.5 Å². The number of para-hydroxylation sites is 1. The fourth-order valence-corrected chi connectivity index (χ4v) is 5.15. The van der Waals surface area contributed by atoms with Crippen molar-refractivity contribution >= 4 is 23.2 Å². The fraction of sp³-hybridized carbons (Fsp3) is 0.462. The smallest absolute Gasteiger partial charge is 0.244 e. The maximum atomic E-state index is 13.6. The lowest BCUT2D eigenvalue weighted by atomic mass is 9.79. The number of carbonyl (C=O) groups is 2. The molecule has 6 heteroatoms. The van der Waals surface area contributed by atoms with Crippen LogP contribution in [0.1, 0.15) is 49.7 Å². The minimum Gasteiger partial charge on any atom is -0.399 e. The quantitative estimate of drug-likeness (QED) is 0.582. The molecule has 0 saturated heterocycles. The van der Waals surface area contributed by atoms with Crippen molar-refractivity contribution in [2.24, 2.45) is 17.6 Å². The second kappa shape index (κ2) is 10.2. The number of rotatable bonds is 7. The zero-order chi connectivity index (χ0) is 22.5. The molecule has 1 heterocycles. The number of primary amides is 1. The lowest BCUT2D eigenvalue weighted by Crippen LogP contribution is -2.46. The van der Waals surface area contributed by atoms with Gasteiger partial charge < -0.3 is 21.7 Å². The van der Waals surface area contributed by atoms with E-state index in [-0.39, 0.29) is 23.8 Å². The van der Waals surface area contributed by atoms with E-state index in [4.69, 9.17) is 11.5 Å². The second-order valence-electron chi connectivity index (χ2n) is 9.26. The van der Waals surface area contributed by atoms with Gasteiger partial charge in [-0.15, -0.1) is 0 Å². The van der Waals surface area contributed by atoms with Gasteiger partial charge in [0, 0.05) is 17.3 Å². The van der Waals surface area contributed by atoms with Gasteiger partial charge in [0.1, 0.15) is 0 Å². The van der Waals surface area contributed by atoms with E-state index >= 15 is 0 Å². The molecule has 2 aliphatic rings. The average Bonchev–Trinajstić information content (AvgIpc) is 2.93. The van der Waals surface area contributed by atoms with Crippen LogP contribution in [-0.4, -0.2) is 24.4 Å². The Morgan fingerprint density at radius 2 is 1.84 bits per heavy atom. The van der Waals surface area contributed by atoms with Crippen molar-refractivity contribution in [3.63, 3.8) is 0 Å². The van der Waals surface area contributed by atoms with Gasteiger partial charge in [0.2, 0.25) is 11.8 Å². The van der Waals surface area contributed by atoms with Crippen LogP contribution >= 0.6 is 0 Å². The van der Waals surface area contributed by atoms with Crippen molar-refractivity contribution in [1.29, 1.82) is 0 Å². The molecule has 2 aromatic rings. The summed E-state index contributed by atoms with van der Waals surface area (Å²) >= 11 is 0. The molecule has 3 atom stereocenters. The Labute approximate surface area is 190 Å². The largest absolute Gasteiger partial charge is 0.399 e. The zero-order valence-electron chi connectivity index (χ0n) is 18.6. The van der Waals surface area contributed by atoms with Crippen LogP contribution in [0, 0.1) is 11.8 Å². The highest BCUT2D eigenvalue weighted by molar-refractivity contribution is 5.98. The van der Waals surface area contributed by atoms with Gasteiger partial charge in [-0.05, 0) is 73.9 Å². The molecule has 2 amide bonds. The number of nitrogens with zero attached hydrogens (tertiary/aromatic N) is 1. The van der Waals surface area contributed by atoms with Crippen molar-refractivity contribution in [3.8, 4) is 0 Å². The van der Waals surface area contributed by atoms with E-state index in [1.165, 1.54) is 5.56 Å². The maximum absolute atomic E-state index is 13.6. The minimum absolute atomic E-state index is 0.0122. The summed E-state index contributed by atoms with van der Waals surface area (Å²) in [4.78, 5) is 27.1. The molecule has 5 N–H and O–H groups in total. The summed E-state index contributed by atoms with van der Waals surface area (Å²) < 4.78 is 0. The van der Waals surface area contributed by atoms with E-state index in [0.717, 1.165) is 68.4 Å². The van der Waals surface area contributed by atoms with Crippen LogP contribution < -0.4 is 21.7 Å². The molecule has 1 aliphatic heterocycles. The molecule has 2 aromatic carbocycles. The van der Waals surface area contributed by atoms with Crippen LogP contribution in [-0.2, 0) is 22.6 Å². The lowest BCUT2D eigenvalue weighted by Gasteiger charge is -2.29. The van der Waals surface area contributed by atoms with Crippen LogP contribution in [0.4, 0.5) is 11.4 Å². The third-order valence-corrected chi connectivity index (χ3v) is 7.00. The zero-order valence-corrected chi connectivity index (χ0v) is 18.6. The summed E-state index contributed by atoms with van der Waals surface area (Å²) in [5.74, 6) is 0.457. The molecular weight excluding hydrogens is 400 g/mol. The molecule has 170 valence electrons. The SMILES string of the molecule is NC(=O)[C@H]1CCC[C@H](CCNC2CCc3ccccc3N(Cc3ccc(N)cc3)C2=O)C1. The fourth-order valence-electron chi connectivity index (χ4n) is 5.15. The van der Waals surface area contributed by atoms with Gasteiger partial charge in [0.15, 0.2) is 0 Å². The van der Waals surface area contributed by atoms with E-state index in [9.17, 15) is 9.59 Å². The highest BCUT2D eigenvalue weighted by atomic mass is 16.2. The number of amides is 2. The standard InChI is InChI=1S/C26H34N4O2/c27-22-11-8-19(9-12-22)17-30-24-7-2-1-5-20(24)10-13-23(26(30)32)29-15-14-18-4-3-6-21(16-18)25(28)31/h1-2,5,7-9,11-12,18,21,23,29H,3-4,6,10,13-17,27H2,(H2,28,31)/t18-,21+,23?/m1/s1. The number of fused-ring (bicyclic) bond motifs is 1. The molecule has 0 aromatic heterocycles. The molecule has 6 nitrogen and oxygen atoms in total. The predicted octanol–water partition coefficient (Wildman–Crippen LogP) is 3.39. The Hall–Kier alpha value is -2.86. The number of hydrogen-bond acceptors (Lipinski definition) is 4. The van der Waals surface area contributed by atoms with E-state index in [2.05, 4.69) is 11.4 Å². The average molecular weight is 435 g/mol. The summed E-state index contributed by atoms with van der Waals surface area (Å²) in [6, 6.07) is 15.7. The van der Waals surface area contributed by atoms with Crippen molar-refractivity contribution < 1.29 is 9.59 Å². The number of aryl methyl sites for hydroxylation is 1. The third kappa shape index (κ3) is 5.30. The first-order valence-corrected chi connectivity index (χ1v) is 11.8. The Bertz CT molecular complexity index is 943. The Morgan fingerprint density at radius 1 is 1.06 bits per heavy atom. The van der Waals surface area contributed by atoms with Crippen LogP contribution in [0.3, 0.4) is 0 Å². The number of anilines is 2. The van der Waals surface area contributed by atoms with Gasteiger partial charge in [0.05, 0.1) is 12.6 Å². The Balaban J connectivity index is 1.43. The summed E-state index contributed by atoms with van der Waals surface area (Å²) in [6.07, 6.45) is 6.61. The molecule has 0 spiro atoms. The van der Waals surface area contributed by atoms with Gasteiger partial charge in [-0.2, -0.15) is 0 Å². The molecule has 1 aliphatic carbocycles. The van der Waals surface area contributed by atoms with Gasteiger partial charge in [-0.3, -0.25) is 9.59 Å². The molecular formula is C26H34N4O2. The van der Waals surface area contributed by atoms with Gasteiger partial charge in [0.25, 0.3) is 0 Å². The van der Waals surface area contributed by atoms with Crippen molar-refractivity contribution in [3.05, 3.63) is 59.7 Å². The van der Waals surface area contributed by atoms with E-state index < -0.39 is 0 Å². The Kier molecular flexibility index (Phi) is 7.10. The maximum Gasteiger partial charge on any atom is 0.244 e. The Morgan fingerprint density at radius 3 is 2.62 bits per heavy atom. The first-order chi connectivity index (χ1) is 15.5. The summed E-state index contributed by atoms with van der Waals surface area (Å²) in [6.45, 7) is 1.30. The van der Waals surface area contributed by atoms with Crippen LogP contribution in [0.2, 0.25) is 0 Å². The number of benzene rings is 2. The van der Waals surface area contributed by atoms with Crippen molar-refractivity contribution in [2.75, 3.05) is 17.2 Å². The van der Waals surface area contributed by atoms with Gasteiger partial charge in [-0.1, -0.05) is 43.2 Å². The van der Waals surface area contributed by atoms with Crippen molar-refractivity contribution in [1.82, 2.24) is 5.32 Å². The second-order valence-corrected chi connectivity index (χ2v) is 9.26. The first kappa shape index (κ1) is 22.3. The molecule has 32 heavy (non-hydrogen) atoms. The molecule has 0 radical (unpaired) electrons. The minimum atomic E-state index is -0.216. The number of carbonyl (C=O) groups excluding carboxylic acids is 2. The topological polar surface area (TPSA) is 101 Å². The van der Waals surface area contributed by atoms with Gasteiger partial charge >= 0.3 is 0 Å². The molecule has 1 fully saturated rings. The predicted molar refractivity (Wildman–Crippen MR) is 128 cm³/mol. The van der Waals surface area contributed by atoms with E-state index in [1.54, 1.807) is 0 Å². The highest BCUT2D eigenvalue weighted by Crippen LogP contribution is 2.31. The van der Waals surface area contributed by atoms with Gasteiger partial charge in [-0.25, -0.2) is 0 Å². The number of nitrogens with two attached hydrogens (primary N) is 2. The first-order valence-electron chi connectivity index (χ1n) is 11.8. The third-order valence-electron chi connectivity index (χ3n) is 7.00. The van der Waals surface area contributed by atoms with Crippen LogP contribution in [0.25, 0.3) is 0 Å². The number of nitrogens with one attached hydrogen (secondary N) is 1. The van der Waals surface area contributed by atoms with Crippen LogP contribution in [0.15, 0.2) is 48.5 Å². The molecule has 1 saturated carbocycles. The lowest BCUT2D eigenvalue weighted by molar-refractivity contribution is -0.123. The number of nitrogen functional groups attached to an aromatic ring is 1. The molecule has 0 bridgehead atoms. The monoisotopic (exact) mass is 434 g/mol. The summed E-state index contributed by atoms with van der Waals surface area (Å²) in [5.41, 5.74) is 15.3. The molecule has 1 unspecified atom stereocenters. The normalized spacial score (nSPS) is 23.4. The van der Waals surface area contributed by atoms with E-state index in [0.29, 0.717) is 12.5 Å². The van der Waals surface area contributed by atoms with Crippen LogP contribution in [0.5, 0.6) is 0 Å².